The van der Waals surface area contributed by atoms with E-state index in [0.717, 1.165) is 0 Å². The molecule has 1 atom stereocenters. The number of hydrogen-bond acceptors (Lipinski definition) is 5. The highest BCUT2D eigenvalue weighted by molar-refractivity contribution is 7.89. The van der Waals surface area contributed by atoms with Crippen LogP contribution < -0.4 is 4.72 Å². The van der Waals surface area contributed by atoms with E-state index >= 15 is 0 Å². The number of hydrogen-bond donors (Lipinski definition) is 2. The third-order valence-electron chi connectivity index (χ3n) is 3.64. The Hall–Kier alpha value is -1.02. The number of aromatic nitrogens is 1. The number of nitrogens with one attached hydrogen (secondary N) is 1. The summed E-state index contributed by atoms with van der Waals surface area (Å²) in [5.74, 6) is 0. The number of nitrogens with zero attached hydrogens (tertiary/aromatic N) is 2. The van der Waals surface area contributed by atoms with Crippen molar-refractivity contribution < 1.29 is 13.5 Å². The van der Waals surface area contributed by atoms with Crippen molar-refractivity contribution in [3.63, 3.8) is 0 Å². The fourth-order valence-electron chi connectivity index (χ4n) is 1.95. The maximum absolute atomic E-state index is 12.1. The van der Waals surface area contributed by atoms with E-state index in [2.05, 4.69) is 14.6 Å². The standard InChI is InChI=1S/C13H21N3O3S/c1-10(16(2)12-4-5-12)7-15-20(18,19)13-6-3-11(9-17)8-14-13/h3,6,8,10,12,15,17H,4-5,7,9H2,1-2H3. The Morgan fingerprint density at radius 1 is 1.50 bits per heavy atom. The lowest BCUT2D eigenvalue weighted by atomic mass is 10.3. The Bertz CT molecular complexity index is 540. The fraction of sp³-hybridized carbons (Fsp3) is 0.615. The molecule has 2 rings (SSSR count). The van der Waals surface area contributed by atoms with E-state index in [1.165, 1.54) is 25.1 Å². The van der Waals surface area contributed by atoms with Crippen molar-refractivity contribution in [3.05, 3.63) is 23.9 Å². The van der Waals surface area contributed by atoms with Crippen LogP contribution in [0.4, 0.5) is 0 Å². The third kappa shape index (κ3) is 3.76. The molecule has 0 aliphatic heterocycles. The van der Waals surface area contributed by atoms with Crippen LogP contribution in [0.25, 0.3) is 0 Å². The first-order valence-electron chi connectivity index (χ1n) is 6.71. The zero-order valence-electron chi connectivity index (χ0n) is 11.8. The highest BCUT2D eigenvalue weighted by atomic mass is 32.2. The van der Waals surface area contributed by atoms with Gasteiger partial charge in [0.1, 0.15) is 0 Å². The van der Waals surface area contributed by atoms with Gasteiger partial charge < -0.3 is 5.11 Å². The van der Waals surface area contributed by atoms with Gasteiger partial charge in [-0.05, 0) is 38.4 Å². The summed E-state index contributed by atoms with van der Waals surface area (Å²) in [5.41, 5.74) is 0.589. The minimum Gasteiger partial charge on any atom is -0.392 e. The lowest BCUT2D eigenvalue weighted by Crippen LogP contribution is -2.41. The van der Waals surface area contributed by atoms with Crippen molar-refractivity contribution in [2.24, 2.45) is 0 Å². The summed E-state index contributed by atoms with van der Waals surface area (Å²) in [7, 11) is -1.57. The smallest absolute Gasteiger partial charge is 0.258 e. The van der Waals surface area contributed by atoms with E-state index in [0.29, 0.717) is 18.2 Å². The topological polar surface area (TPSA) is 82.5 Å². The highest BCUT2D eigenvalue weighted by Gasteiger charge is 2.29. The summed E-state index contributed by atoms with van der Waals surface area (Å²) in [6.45, 7) is 2.21. The number of pyridine rings is 1. The van der Waals surface area contributed by atoms with Crippen LogP contribution >= 0.6 is 0 Å². The van der Waals surface area contributed by atoms with Crippen LogP contribution in [0.5, 0.6) is 0 Å². The van der Waals surface area contributed by atoms with Gasteiger partial charge in [-0.3, -0.25) is 4.90 Å². The minimum atomic E-state index is -3.59. The molecule has 0 amide bonds. The van der Waals surface area contributed by atoms with E-state index in [-0.39, 0.29) is 17.7 Å². The van der Waals surface area contributed by atoms with Crippen LogP contribution in [0.3, 0.4) is 0 Å². The van der Waals surface area contributed by atoms with E-state index in [9.17, 15) is 8.42 Å². The molecular weight excluding hydrogens is 278 g/mol. The average molecular weight is 299 g/mol. The molecule has 0 saturated heterocycles. The maximum atomic E-state index is 12.1. The summed E-state index contributed by atoms with van der Waals surface area (Å²) in [5, 5.41) is 8.90. The molecule has 2 N–H and O–H groups in total. The molecule has 20 heavy (non-hydrogen) atoms. The second-order valence-corrected chi connectivity index (χ2v) is 6.97. The molecule has 0 spiro atoms. The molecule has 7 heteroatoms. The molecular formula is C13H21N3O3S. The van der Waals surface area contributed by atoms with Crippen LogP contribution in [0.2, 0.25) is 0 Å². The molecule has 1 fully saturated rings. The van der Waals surface area contributed by atoms with Gasteiger partial charge in [0.25, 0.3) is 10.0 Å². The summed E-state index contributed by atoms with van der Waals surface area (Å²) >= 11 is 0. The summed E-state index contributed by atoms with van der Waals surface area (Å²) in [4.78, 5) is 6.07. The number of sulfonamides is 1. The third-order valence-corrected chi connectivity index (χ3v) is 4.98. The van der Waals surface area contributed by atoms with E-state index < -0.39 is 10.0 Å². The van der Waals surface area contributed by atoms with Gasteiger partial charge in [-0.15, -0.1) is 0 Å². The quantitative estimate of drug-likeness (QED) is 0.758. The predicted molar refractivity (Wildman–Crippen MR) is 75.6 cm³/mol. The van der Waals surface area contributed by atoms with Crippen LogP contribution in [0.1, 0.15) is 25.3 Å². The van der Waals surface area contributed by atoms with Crippen LogP contribution in [-0.2, 0) is 16.6 Å². The molecule has 0 radical (unpaired) electrons. The zero-order chi connectivity index (χ0) is 14.8. The average Bonchev–Trinajstić information content (AvgIpc) is 3.28. The second-order valence-electron chi connectivity index (χ2n) is 5.26. The zero-order valence-corrected chi connectivity index (χ0v) is 12.6. The molecule has 112 valence electrons. The van der Waals surface area contributed by atoms with Crippen molar-refractivity contribution in [2.75, 3.05) is 13.6 Å². The Kier molecular flexibility index (Phi) is 4.74. The first-order valence-corrected chi connectivity index (χ1v) is 8.19. The molecule has 1 aliphatic rings. The Labute approximate surface area is 119 Å². The van der Waals surface area contributed by atoms with Crippen molar-refractivity contribution in [1.82, 2.24) is 14.6 Å². The number of likely N-dealkylation sites (N-methyl/N-ethyl adjacent to an activating group) is 1. The largest absolute Gasteiger partial charge is 0.392 e. The van der Waals surface area contributed by atoms with Crippen LogP contribution in [0, 0.1) is 0 Å². The van der Waals surface area contributed by atoms with Gasteiger partial charge in [-0.1, -0.05) is 6.07 Å². The molecule has 1 aliphatic carbocycles. The van der Waals surface area contributed by atoms with Gasteiger partial charge in [-0.2, -0.15) is 0 Å². The molecule has 1 heterocycles. The molecule has 1 aromatic heterocycles. The maximum Gasteiger partial charge on any atom is 0.258 e. The Morgan fingerprint density at radius 2 is 2.20 bits per heavy atom. The fourth-order valence-corrected chi connectivity index (χ4v) is 3.00. The molecule has 1 aromatic rings. The Morgan fingerprint density at radius 3 is 2.70 bits per heavy atom. The monoisotopic (exact) mass is 299 g/mol. The number of aliphatic hydroxyl groups is 1. The van der Waals surface area contributed by atoms with Gasteiger partial charge in [0.05, 0.1) is 6.61 Å². The van der Waals surface area contributed by atoms with Crippen molar-refractivity contribution >= 4 is 10.0 Å². The molecule has 1 saturated carbocycles. The predicted octanol–water partition coefficient (Wildman–Crippen LogP) is 0.335. The number of aliphatic hydroxyl groups excluding tert-OH is 1. The first kappa shape index (κ1) is 15.4. The summed E-state index contributed by atoms with van der Waals surface area (Å²) in [6, 6.07) is 3.70. The van der Waals surface area contributed by atoms with Gasteiger partial charge in [0.2, 0.25) is 0 Å². The van der Waals surface area contributed by atoms with Crippen molar-refractivity contribution in [2.45, 2.75) is 43.5 Å². The lowest BCUT2D eigenvalue weighted by molar-refractivity contribution is 0.248. The summed E-state index contributed by atoms with van der Waals surface area (Å²) in [6.07, 6.45) is 3.75. The molecule has 1 unspecified atom stereocenters. The van der Waals surface area contributed by atoms with Gasteiger partial charge in [0.15, 0.2) is 5.03 Å². The van der Waals surface area contributed by atoms with Crippen molar-refractivity contribution in [1.29, 1.82) is 0 Å². The van der Waals surface area contributed by atoms with Crippen molar-refractivity contribution in [3.8, 4) is 0 Å². The van der Waals surface area contributed by atoms with Gasteiger partial charge in [-0.25, -0.2) is 18.1 Å². The highest BCUT2D eigenvalue weighted by Crippen LogP contribution is 2.26. The summed E-state index contributed by atoms with van der Waals surface area (Å²) < 4.78 is 26.8. The van der Waals surface area contributed by atoms with E-state index in [1.807, 2.05) is 14.0 Å². The molecule has 6 nitrogen and oxygen atoms in total. The lowest BCUT2D eigenvalue weighted by Gasteiger charge is -2.24. The van der Waals surface area contributed by atoms with Gasteiger partial charge in [0, 0.05) is 24.8 Å². The van der Waals surface area contributed by atoms with Crippen LogP contribution in [-0.4, -0.2) is 49.1 Å². The Balaban J connectivity index is 1.95. The molecule has 0 aromatic carbocycles. The SMILES string of the molecule is CC(CNS(=O)(=O)c1ccc(CO)cn1)N(C)C1CC1. The number of rotatable bonds is 7. The minimum absolute atomic E-state index is 0.0176. The first-order chi connectivity index (χ1) is 9.44. The second kappa shape index (κ2) is 6.17. The normalized spacial score (nSPS) is 17.4. The van der Waals surface area contributed by atoms with E-state index in [1.54, 1.807) is 6.07 Å². The van der Waals surface area contributed by atoms with Gasteiger partial charge >= 0.3 is 0 Å². The van der Waals surface area contributed by atoms with E-state index in [4.69, 9.17) is 5.11 Å². The molecule has 0 bridgehead atoms. The van der Waals surface area contributed by atoms with Crippen LogP contribution in [0.15, 0.2) is 23.4 Å².